The molecule has 0 bridgehead atoms. The summed E-state index contributed by atoms with van der Waals surface area (Å²) in [7, 11) is 0. The molecule has 0 saturated carbocycles. The number of nitro groups is 1. The Morgan fingerprint density at radius 2 is 1.52 bits per heavy atom. The zero-order valence-corrected chi connectivity index (χ0v) is 22.4. The molecule has 0 spiro atoms. The van der Waals surface area contributed by atoms with Crippen molar-refractivity contribution >= 4 is 23.7 Å². The van der Waals surface area contributed by atoms with E-state index in [1.54, 1.807) is 6.07 Å². The second kappa shape index (κ2) is 12.7. The molecule has 9 heteroatoms. The number of furan rings is 1. The molecule has 204 valence electrons. The molecular weight excluding hydrogens is 508 g/mol. The SMILES string of the molecule is Cc1ccc([N+](=O)[O-])cc1-c1cocc1/C=N/NC(=O)[C@@H](NC(=O)C(c1ccccc1)c1ccccc1)C(C)C. The standard InChI is InChI=1S/C31H30N4O5/c1-20(2)29(33-30(36)28(22-10-6-4-7-11-22)23-12-8-5-9-13-23)31(37)34-32-17-24-18-40-19-27(24)26-16-25(35(38)39)15-14-21(26)3/h4-20,28-29H,1-3H3,(H,33,36)(H,34,37)/b32-17+/t29-/m0/s1. The summed E-state index contributed by atoms with van der Waals surface area (Å²) in [6.07, 6.45) is 4.32. The summed E-state index contributed by atoms with van der Waals surface area (Å²) < 4.78 is 5.33. The first-order valence-corrected chi connectivity index (χ1v) is 12.8. The van der Waals surface area contributed by atoms with E-state index < -0.39 is 22.8 Å². The fraction of sp³-hybridized carbons (Fsp3) is 0.194. The molecule has 3 aromatic carbocycles. The van der Waals surface area contributed by atoms with E-state index in [0.29, 0.717) is 16.7 Å². The van der Waals surface area contributed by atoms with Gasteiger partial charge in [-0.25, -0.2) is 5.43 Å². The smallest absolute Gasteiger partial charge is 0.270 e. The predicted octanol–water partition coefficient (Wildman–Crippen LogP) is 5.59. The number of hydrogen-bond acceptors (Lipinski definition) is 6. The van der Waals surface area contributed by atoms with Gasteiger partial charge < -0.3 is 9.73 Å². The molecule has 4 aromatic rings. The average molecular weight is 539 g/mol. The Hall–Kier alpha value is -5.05. The van der Waals surface area contributed by atoms with Gasteiger partial charge in [0.2, 0.25) is 5.91 Å². The number of hydrazone groups is 1. The van der Waals surface area contributed by atoms with Crippen LogP contribution in [0.25, 0.3) is 11.1 Å². The third-order valence-electron chi connectivity index (χ3n) is 6.57. The van der Waals surface area contributed by atoms with E-state index in [1.165, 1.54) is 30.9 Å². The normalized spacial score (nSPS) is 12.0. The molecule has 2 N–H and O–H groups in total. The van der Waals surface area contributed by atoms with Crippen LogP contribution >= 0.6 is 0 Å². The van der Waals surface area contributed by atoms with Gasteiger partial charge in [0.15, 0.2) is 0 Å². The predicted molar refractivity (Wildman–Crippen MR) is 153 cm³/mol. The molecule has 0 aliphatic rings. The van der Waals surface area contributed by atoms with Crippen molar-refractivity contribution in [2.75, 3.05) is 0 Å². The van der Waals surface area contributed by atoms with Gasteiger partial charge in [-0.05, 0) is 35.1 Å². The first-order chi connectivity index (χ1) is 19.3. The van der Waals surface area contributed by atoms with E-state index in [9.17, 15) is 19.7 Å². The molecule has 0 fully saturated rings. The van der Waals surface area contributed by atoms with Gasteiger partial charge in [0, 0.05) is 23.3 Å². The van der Waals surface area contributed by atoms with Crippen molar-refractivity contribution < 1.29 is 18.9 Å². The first-order valence-electron chi connectivity index (χ1n) is 12.8. The van der Waals surface area contributed by atoms with E-state index in [2.05, 4.69) is 15.8 Å². The molecule has 0 aliphatic heterocycles. The Kier molecular flexibility index (Phi) is 8.86. The van der Waals surface area contributed by atoms with Gasteiger partial charge in [0.25, 0.3) is 11.6 Å². The number of carbonyl (C=O) groups is 2. The summed E-state index contributed by atoms with van der Waals surface area (Å²) >= 11 is 0. The Bertz CT molecular complexity index is 1470. The second-order valence-electron chi connectivity index (χ2n) is 9.72. The molecule has 0 saturated heterocycles. The molecule has 0 radical (unpaired) electrons. The minimum atomic E-state index is -0.845. The first kappa shape index (κ1) is 28.0. The van der Waals surface area contributed by atoms with Gasteiger partial charge in [-0.1, -0.05) is 80.6 Å². The number of non-ortho nitro benzene ring substituents is 1. The number of nitrogens with zero attached hydrogens (tertiary/aromatic N) is 2. The van der Waals surface area contributed by atoms with Crippen LogP contribution in [0, 0.1) is 23.0 Å². The van der Waals surface area contributed by atoms with Crippen molar-refractivity contribution in [1.29, 1.82) is 0 Å². The highest BCUT2D eigenvalue weighted by molar-refractivity contribution is 5.94. The van der Waals surface area contributed by atoms with Crippen molar-refractivity contribution in [2.45, 2.75) is 32.7 Å². The molecule has 40 heavy (non-hydrogen) atoms. The number of benzene rings is 3. The quantitative estimate of drug-likeness (QED) is 0.155. The maximum atomic E-state index is 13.5. The largest absolute Gasteiger partial charge is 0.471 e. The highest BCUT2D eigenvalue weighted by Gasteiger charge is 2.29. The van der Waals surface area contributed by atoms with Crippen molar-refractivity contribution in [3.63, 3.8) is 0 Å². The molecular formula is C31H30N4O5. The molecule has 0 unspecified atom stereocenters. The van der Waals surface area contributed by atoms with Crippen LogP contribution in [0.15, 0.2) is 101 Å². The van der Waals surface area contributed by atoms with Crippen molar-refractivity contribution in [2.24, 2.45) is 11.0 Å². The van der Waals surface area contributed by atoms with Crippen LogP contribution < -0.4 is 10.7 Å². The van der Waals surface area contributed by atoms with E-state index in [-0.39, 0.29) is 17.5 Å². The Balaban J connectivity index is 1.51. The van der Waals surface area contributed by atoms with Gasteiger partial charge in [-0.2, -0.15) is 5.10 Å². The fourth-order valence-electron chi connectivity index (χ4n) is 4.43. The molecule has 1 atom stereocenters. The van der Waals surface area contributed by atoms with E-state index in [1.807, 2.05) is 81.4 Å². The van der Waals surface area contributed by atoms with Gasteiger partial charge in [-0.15, -0.1) is 0 Å². The number of hydrogen-bond donors (Lipinski definition) is 2. The Morgan fingerprint density at radius 1 is 0.900 bits per heavy atom. The number of nitrogens with one attached hydrogen (secondary N) is 2. The number of rotatable bonds is 10. The van der Waals surface area contributed by atoms with Crippen LogP contribution in [0.2, 0.25) is 0 Å². The summed E-state index contributed by atoms with van der Waals surface area (Å²) in [4.78, 5) is 37.5. The summed E-state index contributed by atoms with van der Waals surface area (Å²) in [5, 5.41) is 18.2. The lowest BCUT2D eigenvalue weighted by atomic mass is 9.89. The average Bonchev–Trinajstić information content (AvgIpc) is 3.41. The van der Waals surface area contributed by atoms with Crippen LogP contribution in [0.5, 0.6) is 0 Å². The van der Waals surface area contributed by atoms with Crippen molar-refractivity contribution in [3.05, 3.63) is 124 Å². The maximum Gasteiger partial charge on any atom is 0.270 e. The lowest BCUT2D eigenvalue weighted by molar-refractivity contribution is -0.384. The van der Waals surface area contributed by atoms with Gasteiger partial charge >= 0.3 is 0 Å². The Morgan fingerprint density at radius 3 is 2.10 bits per heavy atom. The lowest BCUT2D eigenvalue weighted by Crippen LogP contribution is -2.50. The topological polar surface area (TPSA) is 127 Å². The van der Waals surface area contributed by atoms with E-state index >= 15 is 0 Å². The Labute approximate surface area is 232 Å². The molecule has 9 nitrogen and oxygen atoms in total. The van der Waals surface area contributed by atoms with Crippen molar-refractivity contribution in [1.82, 2.24) is 10.7 Å². The maximum absolute atomic E-state index is 13.5. The lowest BCUT2D eigenvalue weighted by Gasteiger charge is -2.24. The number of amides is 2. The van der Waals surface area contributed by atoms with E-state index in [4.69, 9.17) is 4.42 Å². The highest BCUT2D eigenvalue weighted by Crippen LogP contribution is 2.30. The minimum Gasteiger partial charge on any atom is -0.471 e. The summed E-state index contributed by atoms with van der Waals surface area (Å²) in [5.74, 6) is -1.58. The minimum absolute atomic E-state index is 0.0437. The molecule has 4 rings (SSSR count). The fourth-order valence-corrected chi connectivity index (χ4v) is 4.43. The van der Waals surface area contributed by atoms with Gasteiger partial charge in [0.1, 0.15) is 6.04 Å². The van der Waals surface area contributed by atoms with Crippen LogP contribution in [0.4, 0.5) is 5.69 Å². The van der Waals surface area contributed by atoms with Crippen LogP contribution in [-0.4, -0.2) is 29.0 Å². The molecule has 1 aromatic heterocycles. The monoisotopic (exact) mass is 538 g/mol. The van der Waals surface area contributed by atoms with Crippen LogP contribution in [0.1, 0.15) is 42.0 Å². The molecule has 0 aliphatic carbocycles. The zero-order valence-electron chi connectivity index (χ0n) is 22.4. The zero-order chi connectivity index (χ0) is 28.6. The molecule has 1 heterocycles. The molecule has 2 amide bonds. The van der Waals surface area contributed by atoms with Crippen LogP contribution in [0.3, 0.4) is 0 Å². The third-order valence-corrected chi connectivity index (χ3v) is 6.57. The summed E-state index contributed by atoms with van der Waals surface area (Å²) in [5.41, 5.74) is 6.67. The number of nitro benzene ring substituents is 1. The van der Waals surface area contributed by atoms with Crippen LogP contribution in [-0.2, 0) is 9.59 Å². The third kappa shape index (κ3) is 6.50. The van der Waals surface area contributed by atoms with Gasteiger partial charge in [-0.3, -0.25) is 19.7 Å². The van der Waals surface area contributed by atoms with Crippen molar-refractivity contribution in [3.8, 4) is 11.1 Å². The van der Waals surface area contributed by atoms with Gasteiger partial charge in [0.05, 0.1) is 29.6 Å². The second-order valence-corrected chi connectivity index (χ2v) is 9.72. The van der Waals surface area contributed by atoms with E-state index in [0.717, 1.165) is 16.7 Å². The summed E-state index contributed by atoms with van der Waals surface area (Å²) in [6, 6.07) is 22.5. The number of aryl methyl sites for hydroxylation is 1. The highest BCUT2D eigenvalue weighted by atomic mass is 16.6. The number of carbonyl (C=O) groups excluding carboxylic acids is 2. The summed E-state index contributed by atoms with van der Waals surface area (Å²) in [6.45, 7) is 5.52.